The molecule has 0 aromatic heterocycles. The predicted octanol–water partition coefficient (Wildman–Crippen LogP) is 2.14. The Kier molecular flexibility index (Phi) is 5.24. The standard InChI is InChI=1S/C15H23NO4S/c1-3-13-6-5-9-16(13)21(18,19)14-7-8-15(20-4-2)12(10-14)11-17/h7-8,10,13,17H,3-6,9,11H2,1-2H3. The maximum Gasteiger partial charge on any atom is 0.243 e. The molecule has 0 aliphatic carbocycles. The number of aliphatic hydroxyl groups is 1. The topological polar surface area (TPSA) is 66.8 Å². The highest BCUT2D eigenvalue weighted by atomic mass is 32.2. The summed E-state index contributed by atoms with van der Waals surface area (Å²) in [5, 5.41) is 9.41. The van der Waals surface area contributed by atoms with Crippen LogP contribution in [0.25, 0.3) is 0 Å². The number of hydrogen-bond donors (Lipinski definition) is 1. The van der Waals surface area contributed by atoms with E-state index in [9.17, 15) is 13.5 Å². The average Bonchev–Trinajstić information content (AvgIpc) is 2.97. The van der Waals surface area contributed by atoms with Gasteiger partial charge in [0, 0.05) is 18.2 Å². The summed E-state index contributed by atoms with van der Waals surface area (Å²) in [6.45, 7) is 4.67. The van der Waals surface area contributed by atoms with Gasteiger partial charge in [-0.1, -0.05) is 6.92 Å². The van der Waals surface area contributed by atoms with E-state index in [0.717, 1.165) is 19.3 Å². The van der Waals surface area contributed by atoms with Crippen molar-refractivity contribution in [3.63, 3.8) is 0 Å². The van der Waals surface area contributed by atoms with E-state index in [2.05, 4.69) is 0 Å². The van der Waals surface area contributed by atoms with Gasteiger partial charge < -0.3 is 9.84 Å². The summed E-state index contributed by atoms with van der Waals surface area (Å²) in [4.78, 5) is 0.232. The van der Waals surface area contributed by atoms with Crippen LogP contribution in [-0.4, -0.2) is 37.0 Å². The first-order valence-corrected chi connectivity index (χ1v) is 8.87. The Balaban J connectivity index is 2.36. The fourth-order valence-electron chi connectivity index (χ4n) is 2.81. The Morgan fingerprint density at radius 3 is 2.76 bits per heavy atom. The highest BCUT2D eigenvalue weighted by Crippen LogP contribution is 2.30. The molecular formula is C15H23NO4S. The van der Waals surface area contributed by atoms with Gasteiger partial charge in [-0.15, -0.1) is 0 Å². The summed E-state index contributed by atoms with van der Waals surface area (Å²) in [6.07, 6.45) is 2.64. The third-order valence-corrected chi connectivity index (χ3v) is 5.85. The van der Waals surface area contributed by atoms with Crippen molar-refractivity contribution in [3.05, 3.63) is 23.8 Å². The van der Waals surface area contributed by atoms with Gasteiger partial charge in [-0.25, -0.2) is 8.42 Å². The lowest BCUT2D eigenvalue weighted by atomic mass is 10.2. The van der Waals surface area contributed by atoms with Gasteiger partial charge in [-0.05, 0) is 44.4 Å². The molecule has 6 heteroatoms. The Morgan fingerprint density at radius 1 is 1.38 bits per heavy atom. The molecule has 1 fully saturated rings. The number of benzene rings is 1. The van der Waals surface area contributed by atoms with Gasteiger partial charge in [0.2, 0.25) is 10.0 Å². The molecule has 1 heterocycles. The van der Waals surface area contributed by atoms with Crippen LogP contribution in [0.2, 0.25) is 0 Å². The van der Waals surface area contributed by atoms with E-state index in [1.807, 2.05) is 13.8 Å². The third-order valence-electron chi connectivity index (χ3n) is 3.90. The normalized spacial score (nSPS) is 19.9. The molecule has 0 bridgehead atoms. The first-order chi connectivity index (χ1) is 10.0. The number of sulfonamides is 1. The van der Waals surface area contributed by atoms with E-state index in [4.69, 9.17) is 4.74 Å². The molecule has 1 saturated heterocycles. The van der Waals surface area contributed by atoms with Crippen LogP contribution < -0.4 is 4.74 Å². The van der Waals surface area contributed by atoms with Crippen molar-refractivity contribution in [2.45, 2.75) is 50.7 Å². The quantitative estimate of drug-likeness (QED) is 0.874. The molecule has 0 amide bonds. The molecule has 0 spiro atoms. The number of hydrogen-bond acceptors (Lipinski definition) is 4. The van der Waals surface area contributed by atoms with E-state index >= 15 is 0 Å². The Bertz CT molecular complexity index is 585. The third kappa shape index (κ3) is 3.22. The fraction of sp³-hybridized carbons (Fsp3) is 0.600. The lowest BCUT2D eigenvalue weighted by Gasteiger charge is -2.23. The van der Waals surface area contributed by atoms with E-state index < -0.39 is 10.0 Å². The zero-order valence-corrected chi connectivity index (χ0v) is 13.4. The molecule has 1 atom stereocenters. The van der Waals surface area contributed by atoms with E-state index in [-0.39, 0.29) is 17.5 Å². The molecular weight excluding hydrogens is 290 g/mol. The van der Waals surface area contributed by atoms with Crippen LogP contribution in [0.5, 0.6) is 5.75 Å². The zero-order chi connectivity index (χ0) is 15.5. The van der Waals surface area contributed by atoms with Crippen LogP contribution >= 0.6 is 0 Å². The molecule has 2 rings (SSSR count). The molecule has 21 heavy (non-hydrogen) atoms. The van der Waals surface area contributed by atoms with Crippen molar-refractivity contribution in [1.29, 1.82) is 0 Å². The average molecular weight is 313 g/mol. The predicted molar refractivity (Wildman–Crippen MR) is 80.7 cm³/mol. The van der Waals surface area contributed by atoms with Crippen molar-refractivity contribution in [3.8, 4) is 5.75 Å². The summed E-state index contributed by atoms with van der Waals surface area (Å²) in [5.41, 5.74) is 0.505. The molecule has 1 aromatic rings. The second kappa shape index (κ2) is 6.77. The summed E-state index contributed by atoms with van der Waals surface area (Å²) in [7, 11) is -3.50. The van der Waals surface area contributed by atoms with Crippen molar-refractivity contribution in [1.82, 2.24) is 4.31 Å². The lowest BCUT2D eigenvalue weighted by molar-refractivity contribution is 0.266. The number of rotatable bonds is 6. The van der Waals surface area contributed by atoms with E-state index in [1.165, 1.54) is 6.07 Å². The van der Waals surface area contributed by atoms with Crippen molar-refractivity contribution < 1.29 is 18.3 Å². The number of ether oxygens (including phenoxy) is 1. The monoisotopic (exact) mass is 313 g/mol. The largest absolute Gasteiger partial charge is 0.494 e. The molecule has 0 radical (unpaired) electrons. The van der Waals surface area contributed by atoms with Gasteiger partial charge >= 0.3 is 0 Å². The first kappa shape index (κ1) is 16.3. The second-order valence-corrected chi connectivity index (χ2v) is 7.07. The van der Waals surface area contributed by atoms with Gasteiger partial charge in [0.25, 0.3) is 0 Å². The molecule has 1 N–H and O–H groups in total. The van der Waals surface area contributed by atoms with E-state index in [1.54, 1.807) is 16.4 Å². The van der Waals surface area contributed by atoms with Crippen LogP contribution in [-0.2, 0) is 16.6 Å². The maximum atomic E-state index is 12.7. The Morgan fingerprint density at radius 2 is 2.14 bits per heavy atom. The van der Waals surface area contributed by atoms with Crippen molar-refractivity contribution in [2.24, 2.45) is 0 Å². The summed E-state index contributed by atoms with van der Waals surface area (Å²) in [5.74, 6) is 0.535. The molecule has 1 unspecified atom stereocenters. The molecule has 1 aliphatic heterocycles. The van der Waals surface area contributed by atoms with Gasteiger partial charge in [0.1, 0.15) is 5.75 Å². The maximum absolute atomic E-state index is 12.7. The first-order valence-electron chi connectivity index (χ1n) is 7.43. The molecule has 5 nitrogen and oxygen atoms in total. The van der Waals surface area contributed by atoms with E-state index in [0.29, 0.717) is 24.5 Å². The lowest BCUT2D eigenvalue weighted by Crippen LogP contribution is -2.35. The number of nitrogens with zero attached hydrogens (tertiary/aromatic N) is 1. The Labute approximate surface area is 126 Å². The second-order valence-electron chi connectivity index (χ2n) is 5.18. The van der Waals surface area contributed by atoms with Crippen LogP contribution in [0, 0.1) is 0 Å². The minimum absolute atomic E-state index is 0.0825. The zero-order valence-electron chi connectivity index (χ0n) is 12.6. The van der Waals surface area contributed by atoms with Crippen LogP contribution in [0.3, 0.4) is 0 Å². The summed E-state index contributed by atoms with van der Waals surface area (Å²) >= 11 is 0. The Hall–Kier alpha value is -1.11. The van der Waals surface area contributed by atoms with Gasteiger partial charge in [0.05, 0.1) is 18.1 Å². The smallest absolute Gasteiger partial charge is 0.243 e. The van der Waals surface area contributed by atoms with Gasteiger partial charge in [-0.3, -0.25) is 0 Å². The molecule has 118 valence electrons. The number of aliphatic hydroxyl groups excluding tert-OH is 1. The van der Waals surface area contributed by atoms with Crippen LogP contribution in [0.4, 0.5) is 0 Å². The highest BCUT2D eigenvalue weighted by Gasteiger charge is 2.34. The van der Waals surface area contributed by atoms with Crippen molar-refractivity contribution >= 4 is 10.0 Å². The summed E-state index contributed by atoms with van der Waals surface area (Å²) in [6, 6.07) is 4.79. The van der Waals surface area contributed by atoms with Crippen molar-refractivity contribution in [2.75, 3.05) is 13.2 Å². The summed E-state index contributed by atoms with van der Waals surface area (Å²) < 4.78 is 32.5. The molecule has 0 saturated carbocycles. The minimum atomic E-state index is -3.50. The van der Waals surface area contributed by atoms with Gasteiger partial charge in [-0.2, -0.15) is 4.31 Å². The molecule has 1 aromatic carbocycles. The van der Waals surface area contributed by atoms with Crippen LogP contribution in [0.15, 0.2) is 23.1 Å². The van der Waals surface area contributed by atoms with Gasteiger partial charge in [0.15, 0.2) is 0 Å². The molecule has 1 aliphatic rings. The SMILES string of the molecule is CCOc1ccc(S(=O)(=O)N2CCCC2CC)cc1CO. The van der Waals surface area contributed by atoms with Crippen LogP contribution in [0.1, 0.15) is 38.7 Å². The highest BCUT2D eigenvalue weighted by molar-refractivity contribution is 7.89. The minimum Gasteiger partial charge on any atom is -0.494 e. The fourth-order valence-corrected chi connectivity index (χ4v) is 4.62.